The first kappa shape index (κ1) is 19.3. The Morgan fingerprint density at radius 3 is 2.64 bits per heavy atom. The second-order valence-corrected chi connectivity index (χ2v) is 13.1. The van der Waals surface area contributed by atoms with Gasteiger partial charge in [-0.3, -0.25) is 9.88 Å². The van der Waals surface area contributed by atoms with Gasteiger partial charge in [0, 0.05) is 24.5 Å². The van der Waals surface area contributed by atoms with Crippen LogP contribution in [0.2, 0.25) is 19.6 Å². The molecule has 1 aliphatic heterocycles. The zero-order valence-electron chi connectivity index (χ0n) is 16.1. The summed E-state index contributed by atoms with van der Waals surface area (Å²) in [6, 6.07) is 1.97. The summed E-state index contributed by atoms with van der Waals surface area (Å²) < 4.78 is 5.56. The number of nitrogens with zero attached hydrogens (tertiary/aromatic N) is 2. The van der Waals surface area contributed by atoms with E-state index in [9.17, 15) is 4.79 Å². The lowest BCUT2D eigenvalue weighted by atomic mass is 10.00. The van der Waals surface area contributed by atoms with Gasteiger partial charge in [-0.05, 0) is 38.8 Å². The number of carbonyl (C=O) groups is 1. The summed E-state index contributed by atoms with van der Waals surface area (Å²) in [4.78, 5) is 18.7. The third kappa shape index (κ3) is 6.06. The van der Waals surface area contributed by atoms with Crippen molar-refractivity contribution < 1.29 is 9.53 Å². The van der Waals surface area contributed by atoms with E-state index in [1.165, 1.54) is 0 Å². The SMILES string of the molecule is CC(C)(C)OC(=O)N1CC=CCC1c1cncc(C#C[Si](C)(C)C)c1. The summed E-state index contributed by atoms with van der Waals surface area (Å²) in [5.74, 6) is 3.24. The first-order valence-electron chi connectivity index (χ1n) is 8.68. The zero-order valence-corrected chi connectivity index (χ0v) is 17.1. The van der Waals surface area contributed by atoms with Gasteiger partial charge in [0.1, 0.15) is 13.7 Å². The van der Waals surface area contributed by atoms with Gasteiger partial charge in [-0.25, -0.2) is 4.79 Å². The second kappa shape index (κ2) is 7.45. The highest BCUT2D eigenvalue weighted by atomic mass is 28.3. The van der Waals surface area contributed by atoms with Crippen molar-refractivity contribution in [1.29, 1.82) is 0 Å². The molecular formula is C20H28N2O2Si. The molecule has 1 aromatic heterocycles. The van der Waals surface area contributed by atoms with Gasteiger partial charge in [0.05, 0.1) is 6.04 Å². The molecule has 1 aromatic rings. The number of pyridine rings is 1. The van der Waals surface area contributed by atoms with E-state index < -0.39 is 13.7 Å². The van der Waals surface area contributed by atoms with Crippen molar-refractivity contribution in [2.75, 3.05) is 6.54 Å². The zero-order chi connectivity index (χ0) is 18.7. The van der Waals surface area contributed by atoms with E-state index in [2.05, 4.69) is 42.2 Å². The predicted octanol–water partition coefficient (Wildman–Crippen LogP) is 4.55. The van der Waals surface area contributed by atoms with Gasteiger partial charge >= 0.3 is 6.09 Å². The first-order chi connectivity index (χ1) is 11.6. The maximum atomic E-state index is 12.6. The van der Waals surface area contributed by atoms with E-state index in [0.717, 1.165) is 17.5 Å². The number of amides is 1. The Morgan fingerprint density at radius 2 is 2.00 bits per heavy atom. The molecule has 0 aliphatic carbocycles. The van der Waals surface area contributed by atoms with E-state index in [1.54, 1.807) is 11.1 Å². The molecule has 0 radical (unpaired) electrons. The van der Waals surface area contributed by atoms with Crippen molar-refractivity contribution in [3.05, 3.63) is 41.7 Å². The number of rotatable bonds is 1. The quantitative estimate of drug-likeness (QED) is 0.421. The molecule has 1 atom stereocenters. The van der Waals surface area contributed by atoms with E-state index in [4.69, 9.17) is 4.74 Å². The molecule has 0 fully saturated rings. The lowest BCUT2D eigenvalue weighted by Gasteiger charge is -2.34. The van der Waals surface area contributed by atoms with E-state index in [1.807, 2.05) is 39.1 Å². The molecule has 0 spiro atoms. The summed E-state index contributed by atoms with van der Waals surface area (Å²) in [5, 5.41) is 0. The van der Waals surface area contributed by atoms with Gasteiger partial charge in [-0.15, -0.1) is 5.54 Å². The molecule has 0 aromatic carbocycles. The van der Waals surface area contributed by atoms with Crippen molar-refractivity contribution in [1.82, 2.24) is 9.88 Å². The van der Waals surface area contributed by atoms with Crippen LogP contribution in [-0.4, -0.2) is 36.2 Å². The molecule has 0 saturated heterocycles. The normalized spacial score (nSPS) is 17.7. The molecule has 0 bridgehead atoms. The van der Waals surface area contributed by atoms with Crippen LogP contribution in [0.3, 0.4) is 0 Å². The average molecular weight is 357 g/mol. The van der Waals surface area contributed by atoms with Crippen LogP contribution in [0.1, 0.15) is 44.4 Å². The van der Waals surface area contributed by atoms with Gasteiger partial charge in [0.25, 0.3) is 0 Å². The van der Waals surface area contributed by atoms with Gasteiger partial charge in [0.15, 0.2) is 0 Å². The fraction of sp³-hybridized carbons (Fsp3) is 0.500. The number of carbonyl (C=O) groups excluding carboxylic acids is 1. The Balaban J connectivity index is 2.27. The first-order valence-corrected chi connectivity index (χ1v) is 12.2. The Hall–Kier alpha value is -2.06. The monoisotopic (exact) mass is 356 g/mol. The number of hydrogen-bond donors (Lipinski definition) is 0. The van der Waals surface area contributed by atoms with Gasteiger partial charge in [0.2, 0.25) is 0 Å². The van der Waals surface area contributed by atoms with Crippen LogP contribution >= 0.6 is 0 Å². The van der Waals surface area contributed by atoms with Crippen LogP contribution in [0.4, 0.5) is 4.79 Å². The summed E-state index contributed by atoms with van der Waals surface area (Å²) in [6.07, 6.45) is 8.18. The van der Waals surface area contributed by atoms with Crippen molar-refractivity contribution in [3.8, 4) is 11.5 Å². The van der Waals surface area contributed by atoms with Gasteiger partial charge in [-0.2, -0.15) is 0 Å². The molecule has 1 unspecified atom stereocenters. The third-order valence-corrected chi connectivity index (χ3v) is 4.43. The van der Waals surface area contributed by atoms with Crippen molar-refractivity contribution in [2.24, 2.45) is 0 Å². The van der Waals surface area contributed by atoms with Crippen molar-refractivity contribution in [3.63, 3.8) is 0 Å². The number of aromatic nitrogens is 1. The van der Waals surface area contributed by atoms with E-state index >= 15 is 0 Å². The highest BCUT2D eigenvalue weighted by Gasteiger charge is 2.30. The van der Waals surface area contributed by atoms with Crippen LogP contribution in [0.5, 0.6) is 0 Å². The molecule has 0 N–H and O–H groups in total. The van der Waals surface area contributed by atoms with Crippen molar-refractivity contribution in [2.45, 2.75) is 58.5 Å². The fourth-order valence-corrected chi connectivity index (χ4v) is 2.99. The lowest BCUT2D eigenvalue weighted by Crippen LogP contribution is -2.40. The van der Waals surface area contributed by atoms with Gasteiger partial charge in [-0.1, -0.05) is 37.7 Å². The minimum Gasteiger partial charge on any atom is -0.444 e. The predicted molar refractivity (Wildman–Crippen MR) is 104 cm³/mol. The van der Waals surface area contributed by atoms with Crippen molar-refractivity contribution >= 4 is 14.2 Å². The summed E-state index contributed by atoms with van der Waals surface area (Å²) in [7, 11) is -1.44. The molecule has 2 heterocycles. The highest BCUT2D eigenvalue weighted by Crippen LogP contribution is 2.29. The third-order valence-electron chi connectivity index (χ3n) is 3.56. The lowest BCUT2D eigenvalue weighted by molar-refractivity contribution is 0.0175. The fourth-order valence-electron chi connectivity index (χ4n) is 2.47. The molecule has 1 aliphatic rings. The Kier molecular flexibility index (Phi) is 5.74. The molecule has 25 heavy (non-hydrogen) atoms. The Bertz CT molecular complexity index is 718. The van der Waals surface area contributed by atoms with Crippen LogP contribution in [0.15, 0.2) is 30.6 Å². The minimum absolute atomic E-state index is 0.0685. The molecule has 2 rings (SSSR count). The molecule has 4 nitrogen and oxygen atoms in total. The molecule has 134 valence electrons. The van der Waals surface area contributed by atoms with Crippen LogP contribution < -0.4 is 0 Å². The maximum absolute atomic E-state index is 12.6. The van der Waals surface area contributed by atoms with Crippen LogP contribution in [-0.2, 0) is 4.74 Å². The average Bonchev–Trinajstić information content (AvgIpc) is 2.51. The minimum atomic E-state index is -1.44. The van der Waals surface area contributed by atoms with Crippen LogP contribution in [0.25, 0.3) is 0 Å². The second-order valence-electron chi connectivity index (χ2n) is 8.36. The van der Waals surface area contributed by atoms with E-state index in [-0.39, 0.29) is 12.1 Å². The summed E-state index contributed by atoms with van der Waals surface area (Å²) >= 11 is 0. The van der Waals surface area contributed by atoms with Gasteiger partial charge < -0.3 is 4.74 Å². The molecule has 5 heteroatoms. The standard InChI is InChI=1S/C20H28N2O2Si/c1-20(2,3)24-19(23)22-11-8-7-9-18(22)17-13-16(14-21-15-17)10-12-25(4,5)6/h7-8,13-15,18H,9,11H2,1-6H3. The maximum Gasteiger partial charge on any atom is 0.411 e. The largest absolute Gasteiger partial charge is 0.444 e. The molecule has 0 saturated carbocycles. The molecule has 1 amide bonds. The summed E-state index contributed by atoms with van der Waals surface area (Å²) in [6.45, 7) is 12.8. The van der Waals surface area contributed by atoms with Crippen LogP contribution in [0, 0.1) is 11.5 Å². The highest BCUT2D eigenvalue weighted by molar-refractivity contribution is 6.83. The van der Waals surface area contributed by atoms with E-state index in [0.29, 0.717) is 6.54 Å². The smallest absolute Gasteiger partial charge is 0.411 e. The Labute approximate surface area is 152 Å². The topological polar surface area (TPSA) is 42.4 Å². The summed E-state index contributed by atoms with van der Waals surface area (Å²) in [5.41, 5.74) is 4.75. The molecular weight excluding hydrogens is 328 g/mol. The number of hydrogen-bond acceptors (Lipinski definition) is 3. The Morgan fingerprint density at radius 1 is 1.28 bits per heavy atom. The number of ether oxygens (including phenoxy) is 1.